The Kier molecular flexibility index (Phi) is 4.21. The van der Waals surface area contributed by atoms with Crippen LogP contribution in [0.4, 0.5) is 5.82 Å². The number of halogens is 1. The Morgan fingerprint density at radius 2 is 2.21 bits per heavy atom. The van der Waals surface area contributed by atoms with Crippen molar-refractivity contribution in [1.29, 1.82) is 0 Å². The largest absolute Gasteiger partial charge is 0.490 e. The van der Waals surface area contributed by atoms with Crippen LogP contribution in [-0.4, -0.2) is 26.9 Å². The average Bonchev–Trinajstić information content (AvgIpc) is 2.76. The summed E-state index contributed by atoms with van der Waals surface area (Å²) in [6, 6.07) is 0. The van der Waals surface area contributed by atoms with E-state index in [1.54, 1.807) is 4.68 Å². The molecule has 0 saturated heterocycles. The standard InChI is InChI=1S/C12H16ClN5O/c1-4-9-8(6-18(2)17-9)5-14-12-10(19-3)11(13)15-7-16-12/h6-7H,4-5H2,1-3H3,(H,14,15,16). The number of nitrogens with one attached hydrogen (secondary N) is 1. The van der Waals surface area contributed by atoms with E-state index in [1.807, 2.05) is 13.2 Å². The summed E-state index contributed by atoms with van der Waals surface area (Å²) in [5.74, 6) is 1.03. The second-order valence-electron chi connectivity index (χ2n) is 4.03. The smallest absolute Gasteiger partial charge is 0.198 e. The van der Waals surface area contributed by atoms with E-state index >= 15 is 0 Å². The van der Waals surface area contributed by atoms with E-state index < -0.39 is 0 Å². The molecule has 0 spiro atoms. The highest BCUT2D eigenvalue weighted by Crippen LogP contribution is 2.28. The third-order valence-electron chi connectivity index (χ3n) is 2.74. The Morgan fingerprint density at radius 1 is 1.42 bits per heavy atom. The molecule has 7 heteroatoms. The lowest BCUT2D eigenvalue weighted by Crippen LogP contribution is -2.05. The molecule has 1 N–H and O–H groups in total. The molecule has 2 heterocycles. The molecule has 0 aliphatic heterocycles. The topological polar surface area (TPSA) is 64.9 Å². The first kappa shape index (κ1) is 13.6. The molecule has 0 aromatic carbocycles. The summed E-state index contributed by atoms with van der Waals surface area (Å²) < 4.78 is 6.99. The molecule has 0 saturated carbocycles. The van der Waals surface area contributed by atoms with Crippen LogP contribution < -0.4 is 10.1 Å². The molecule has 0 unspecified atom stereocenters. The number of anilines is 1. The number of ether oxygens (including phenoxy) is 1. The molecule has 0 aliphatic rings. The normalized spacial score (nSPS) is 10.5. The van der Waals surface area contributed by atoms with E-state index in [-0.39, 0.29) is 0 Å². The van der Waals surface area contributed by atoms with Crippen LogP contribution in [0.5, 0.6) is 5.75 Å². The van der Waals surface area contributed by atoms with Gasteiger partial charge >= 0.3 is 0 Å². The lowest BCUT2D eigenvalue weighted by Gasteiger charge is -2.10. The quantitative estimate of drug-likeness (QED) is 0.850. The number of hydrogen-bond donors (Lipinski definition) is 1. The molecule has 2 aromatic rings. The number of aromatic nitrogens is 4. The van der Waals surface area contributed by atoms with Crippen molar-refractivity contribution < 1.29 is 4.74 Å². The van der Waals surface area contributed by atoms with E-state index in [0.717, 1.165) is 17.7 Å². The lowest BCUT2D eigenvalue weighted by molar-refractivity contribution is 0.413. The molecule has 102 valence electrons. The van der Waals surface area contributed by atoms with E-state index in [9.17, 15) is 0 Å². The summed E-state index contributed by atoms with van der Waals surface area (Å²) in [5.41, 5.74) is 2.19. The highest BCUT2D eigenvalue weighted by Gasteiger charge is 2.11. The molecule has 0 fully saturated rings. The molecule has 19 heavy (non-hydrogen) atoms. The van der Waals surface area contributed by atoms with Gasteiger partial charge in [0.15, 0.2) is 16.7 Å². The summed E-state index contributed by atoms with van der Waals surface area (Å²) >= 11 is 5.94. The van der Waals surface area contributed by atoms with Gasteiger partial charge in [0.2, 0.25) is 0 Å². The van der Waals surface area contributed by atoms with Crippen molar-refractivity contribution in [3.63, 3.8) is 0 Å². The van der Waals surface area contributed by atoms with E-state index in [4.69, 9.17) is 16.3 Å². The fourth-order valence-corrected chi connectivity index (χ4v) is 2.08. The van der Waals surface area contributed by atoms with Gasteiger partial charge < -0.3 is 10.1 Å². The van der Waals surface area contributed by atoms with Crippen LogP contribution in [0.25, 0.3) is 0 Å². The summed E-state index contributed by atoms with van der Waals surface area (Å²) in [6.07, 6.45) is 4.28. The first-order valence-electron chi connectivity index (χ1n) is 5.95. The van der Waals surface area contributed by atoms with Crippen molar-refractivity contribution >= 4 is 17.4 Å². The molecular formula is C12H16ClN5O. The van der Waals surface area contributed by atoms with Crippen molar-refractivity contribution in [3.8, 4) is 5.75 Å². The van der Waals surface area contributed by atoms with E-state index in [0.29, 0.717) is 23.3 Å². The second kappa shape index (κ2) is 5.88. The summed E-state index contributed by atoms with van der Waals surface area (Å²) in [7, 11) is 3.45. The zero-order chi connectivity index (χ0) is 13.8. The third kappa shape index (κ3) is 2.96. The summed E-state index contributed by atoms with van der Waals surface area (Å²) in [4.78, 5) is 8.01. The van der Waals surface area contributed by atoms with Crippen molar-refractivity contribution in [3.05, 3.63) is 28.9 Å². The molecule has 2 aromatic heterocycles. The van der Waals surface area contributed by atoms with Crippen molar-refractivity contribution in [2.75, 3.05) is 12.4 Å². The average molecular weight is 282 g/mol. The molecule has 0 atom stereocenters. The van der Waals surface area contributed by atoms with Gasteiger partial charge in [-0.05, 0) is 6.42 Å². The minimum absolute atomic E-state index is 0.293. The van der Waals surface area contributed by atoms with Crippen molar-refractivity contribution in [2.45, 2.75) is 19.9 Å². The fourth-order valence-electron chi connectivity index (χ4n) is 1.87. The first-order chi connectivity index (χ1) is 9.15. The number of methoxy groups -OCH3 is 1. The van der Waals surface area contributed by atoms with Gasteiger partial charge in [-0.2, -0.15) is 5.10 Å². The molecule has 2 rings (SSSR count). The molecule has 0 aliphatic carbocycles. The van der Waals surface area contributed by atoms with Crippen LogP contribution in [-0.2, 0) is 20.0 Å². The van der Waals surface area contributed by atoms with Crippen LogP contribution >= 0.6 is 11.6 Å². The van der Waals surface area contributed by atoms with Crippen molar-refractivity contribution in [2.24, 2.45) is 7.05 Å². The first-order valence-corrected chi connectivity index (χ1v) is 6.33. The summed E-state index contributed by atoms with van der Waals surface area (Å²) in [5, 5.41) is 7.88. The second-order valence-corrected chi connectivity index (χ2v) is 4.39. The zero-order valence-electron chi connectivity index (χ0n) is 11.1. The van der Waals surface area contributed by atoms with Crippen LogP contribution in [0.2, 0.25) is 5.15 Å². The highest BCUT2D eigenvalue weighted by atomic mass is 35.5. The summed E-state index contributed by atoms with van der Waals surface area (Å²) in [6.45, 7) is 2.69. The number of aryl methyl sites for hydroxylation is 2. The van der Waals surface area contributed by atoms with Gasteiger partial charge in [0.25, 0.3) is 0 Å². The Morgan fingerprint density at radius 3 is 2.89 bits per heavy atom. The Hall–Kier alpha value is -1.82. The molecule has 0 amide bonds. The molecule has 6 nitrogen and oxygen atoms in total. The van der Waals surface area contributed by atoms with Crippen LogP contribution in [0, 0.1) is 0 Å². The lowest BCUT2D eigenvalue weighted by atomic mass is 10.2. The molecule has 0 bridgehead atoms. The minimum Gasteiger partial charge on any atom is -0.490 e. The van der Waals surface area contributed by atoms with Gasteiger partial charge in [0.05, 0.1) is 12.8 Å². The Bertz CT molecular complexity index is 569. The van der Waals surface area contributed by atoms with Crippen LogP contribution in [0.1, 0.15) is 18.2 Å². The maximum atomic E-state index is 5.94. The van der Waals surface area contributed by atoms with Gasteiger partial charge in [-0.3, -0.25) is 4.68 Å². The monoisotopic (exact) mass is 281 g/mol. The number of rotatable bonds is 5. The van der Waals surface area contributed by atoms with E-state index in [1.165, 1.54) is 13.4 Å². The maximum Gasteiger partial charge on any atom is 0.198 e. The number of nitrogens with zero attached hydrogens (tertiary/aromatic N) is 4. The molecular weight excluding hydrogens is 266 g/mol. The van der Waals surface area contributed by atoms with Gasteiger partial charge in [0.1, 0.15) is 6.33 Å². The van der Waals surface area contributed by atoms with Crippen LogP contribution in [0.3, 0.4) is 0 Å². The maximum absolute atomic E-state index is 5.94. The predicted octanol–water partition coefficient (Wildman–Crippen LogP) is 2.05. The highest BCUT2D eigenvalue weighted by molar-refractivity contribution is 6.31. The zero-order valence-corrected chi connectivity index (χ0v) is 11.9. The van der Waals surface area contributed by atoms with Gasteiger partial charge in [-0.15, -0.1) is 0 Å². The van der Waals surface area contributed by atoms with Crippen molar-refractivity contribution in [1.82, 2.24) is 19.7 Å². The van der Waals surface area contributed by atoms with Gasteiger partial charge in [-0.25, -0.2) is 9.97 Å². The Labute approximate surface area is 116 Å². The third-order valence-corrected chi connectivity index (χ3v) is 3.01. The van der Waals surface area contributed by atoms with Crippen LogP contribution in [0.15, 0.2) is 12.5 Å². The predicted molar refractivity (Wildman–Crippen MR) is 73.5 cm³/mol. The SMILES string of the molecule is CCc1nn(C)cc1CNc1ncnc(Cl)c1OC. The van der Waals surface area contributed by atoms with Gasteiger partial charge in [0, 0.05) is 25.4 Å². The van der Waals surface area contributed by atoms with Gasteiger partial charge in [-0.1, -0.05) is 18.5 Å². The number of hydrogen-bond acceptors (Lipinski definition) is 5. The fraction of sp³-hybridized carbons (Fsp3) is 0.417. The molecule has 0 radical (unpaired) electrons. The Balaban J connectivity index is 2.16. The minimum atomic E-state index is 0.293. The van der Waals surface area contributed by atoms with E-state index in [2.05, 4.69) is 27.3 Å².